The number of nitrogens with two attached hydrogens (primary N) is 1. The van der Waals surface area contributed by atoms with Crippen LogP contribution in [0, 0.1) is 0 Å². The number of hydrogen-bond donors (Lipinski definition) is 2. The van der Waals surface area contributed by atoms with E-state index in [0.29, 0.717) is 21.9 Å². The van der Waals surface area contributed by atoms with Crippen LogP contribution in [0.4, 0.5) is 11.1 Å². The van der Waals surface area contributed by atoms with E-state index in [1.807, 2.05) is 0 Å². The molecule has 2 aromatic heterocycles. The van der Waals surface area contributed by atoms with E-state index < -0.39 is 0 Å². The molecule has 9 nitrogen and oxygen atoms in total. The number of benzene rings is 1. The smallest absolute Gasteiger partial charge is 0.316 e. The van der Waals surface area contributed by atoms with E-state index in [9.17, 15) is 9.59 Å². The van der Waals surface area contributed by atoms with E-state index in [1.54, 1.807) is 25.1 Å². The lowest BCUT2D eigenvalue weighted by atomic mass is 10.3. The third kappa shape index (κ3) is 4.87. The number of halogens is 1. The molecule has 0 saturated heterocycles. The lowest BCUT2D eigenvalue weighted by Crippen LogP contribution is -2.20. The summed E-state index contributed by atoms with van der Waals surface area (Å²) in [7, 11) is 0. The van der Waals surface area contributed by atoms with Gasteiger partial charge in [-0.05, 0) is 25.1 Å². The number of fused-ring (bicyclic) bond motifs is 1. The first-order valence-corrected chi connectivity index (χ1v) is 9.97. The molecule has 0 unspecified atom stereocenters. The van der Waals surface area contributed by atoms with Crippen molar-refractivity contribution in [2.75, 3.05) is 23.4 Å². The molecule has 0 bridgehead atoms. The first kappa shape index (κ1) is 19.4. The Morgan fingerprint density at radius 3 is 3.00 bits per heavy atom. The van der Waals surface area contributed by atoms with Crippen LogP contribution in [-0.2, 0) is 20.9 Å². The Balaban J connectivity index is 1.66. The number of nitrogen functional groups attached to an aromatic ring is 1. The third-order valence-corrected chi connectivity index (χ3v) is 5.38. The number of thiazole rings is 1. The van der Waals surface area contributed by atoms with Gasteiger partial charge in [-0.2, -0.15) is 0 Å². The van der Waals surface area contributed by atoms with Crippen molar-refractivity contribution in [3.63, 3.8) is 0 Å². The predicted octanol–water partition coefficient (Wildman–Crippen LogP) is 2.42. The number of carbonyl (C=O) groups excluding carboxylic acids is 2. The Morgan fingerprint density at radius 1 is 1.41 bits per heavy atom. The molecule has 27 heavy (non-hydrogen) atoms. The molecule has 3 aromatic rings. The highest BCUT2D eigenvalue weighted by molar-refractivity contribution is 7.99. The molecule has 3 N–H and O–H groups in total. The summed E-state index contributed by atoms with van der Waals surface area (Å²) >= 11 is 8.37. The van der Waals surface area contributed by atoms with Crippen LogP contribution >= 0.6 is 34.7 Å². The van der Waals surface area contributed by atoms with Gasteiger partial charge in [0.05, 0.1) is 22.6 Å². The number of ether oxygens (including phenoxy) is 1. The van der Waals surface area contributed by atoms with Crippen LogP contribution in [-0.4, -0.2) is 44.0 Å². The largest absolute Gasteiger partial charge is 0.465 e. The average molecular weight is 427 g/mol. The van der Waals surface area contributed by atoms with Gasteiger partial charge in [0.15, 0.2) is 10.3 Å². The quantitative estimate of drug-likeness (QED) is 0.435. The SMILES string of the molecule is CCOC(=O)CSc1nnc(N)n1CC(=O)Nc1nc2ccc(Cl)cc2s1. The predicted molar refractivity (Wildman–Crippen MR) is 105 cm³/mol. The number of carbonyl (C=O) groups is 2. The maximum atomic E-state index is 12.4. The zero-order chi connectivity index (χ0) is 19.4. The lowest BCUT2D eigenvalue weighted by Gasteiger charge is -2.07. The molecular weight excluding hydrogens is 412 g/mol. The number of aromatic nitrogens is 4. The second-order valence-electron chi connectivity index (χ2n) is 5.20. The van der Waals surface area contributed by atoms with Crippen molar-refractivity contribution in [3.8, 4) is 0 Å². The lowest BCUT2D eigenvalue weighted by molar-refractivity contribution is -0.139. The number of thioether (sulfide) groups is 1. The van der Waals surface area contributed by atoms with E-state index in [4.69, 9.17) is 22.1 Å². The highest BCUT2D eigenvalue weighted by Gasteiger charge is 2.16. The number of anilines is 2. The molecule has 0 aliphatic carbocycles. The van der Waals surface area contributed by atoms with Crippen molar-refractivity contribution in [1.29, 1.82) is 0 Å². The minimum absolute atomic E-state index is 0.0478. The van der Waals surface area contributed by atoms with Crippen molar-refractivity contribution in [2.45, 2.75) is 18.6 Å². The van der Waals surface area contributed by atoms with Crippen LogP contribution in [0.1, 0.15) is 6.92 Å². The Kier molecular flexibility index (Phi) is 6.14. The monoisotopic (exact) mass is 426 g/mol. The van der Waals surface area contributed by atoms with Gasteiger partial charge in [-0.25, -0.2) is 4.98 Å². The summed E-state index contributed by atoms with van der Waals surface area (Å²) in [5.74, 6) is -0.600. The minimum atomic E-state index is -0.381. The Bertz CT molecular complexity index is 989. The molecule has 142 valence electrons. The molecule has 3 rings (SSSR count). The average Bonchev–Trinajstić information content (AvgIpc) is 3.16. The third-order valence-electron chi connectivity index (χ3n) is 3.27. The van der Waals surface area contributed by atoms with Gasteiger partial charge in [-0.15, -0.1) is 10.2 Å². The first-order chi connectivity index (χ1) is 13.0. The summed E-state index contributed by atoms with van der Waals surface area (Å²) in [5.41, 5.74) is 6.52. The fourth-order valence-corrected chi connectivity index (χ4v) is 4.04. The van der Waals surface area contributed by atoms with Crippen LogP contribution in [0.2, 0.25) is 5.02 Å². The first-order valence-electron chi connectivity index (χ1n) is 7.79. The van der Waals surface area contributed by atoms with Gasteiger partial charge in [-0.1, -0.05) is 34.7 Å². The molecule has 1 aromatic carbocycles. The van der Waals surface area contributed by atoms with Gasteiger partial charge < -0.3 is 15.8 Å². The topological polar surface area (TPSA) is 125 Å². The molecular formula is C15H15ClN6O3S2. The molecule has 0 fully saturated rings. The number of nitrogens with one attached hydrogen (secondary N) is 1. The maximum Gasteiger partial charge on any atom is 0.316 e. The molecule has 12 heteroatoms. The fourth-order valence-electron chi connectivity index (χ4n) is 2.14. The zero-order valence-corrected chi connectivity index (χ0v) is 16.5. The van der Waals surface area contributed by atoms with Crippen LogP contribution in [0.5, 0.6) is 0 Å². The fraction of sp³-hybridized carbons (Fsp3) is 0.267. The van der Waals surface area contributed by atoms with E-state index in [2.05, 4.69) is 20.5 Å². The van der Waals surface area contributed by atoms with Crippen molar-refractivity contribution in [3.05, 3.63) is 23.2 Å². The van der Waals surface area contributed by atoms with Crippen molar-refractivity contribution in [2.24, 2.45) is 0 Å². The summed E-state index contributed by atoms with van der Waals surface area (Å²) < 4.78 is 7.15. The molecule has 1 amide bonds. The number of nitrogens with zero attached hydrogens (tertiary/aromatic N) is 4. The minimum Gasteiger partial charge on any atom is -0.465 e. The Morgan fingerprint density at radius 2 is 2.22 bits per heavy atom. The van der Waals surface area contributed by atoms with E-state index in [0.717, 1.165) is 22.0 Å². The van der Waals surface area contributed by atoms with Crippen LogP contribution in [0.25, 0.3) is 10.2 Å². The van der Waals surface area contributed by atoms with Crippen LogP contribution in [0.3, 0.4) is 0 Å². The van der Waals surface area contributed by atoms with Crippen molar-refractivity contribution < 1.29 is 14.3 Å². The molecule has 0 spiro atoms. The summed E-state index contributed by atoms with van der Waals surface area (Å²) in [6.45, 7) is 1.91. The maximum absolute atomic E-state index is 12.4. The van der Waals surface area contributed by atoms with Crippen molar-refractivity contribution in [1.82, 2.24) is 19.7 Å². The summed E-state index contributed by atoms with van der Waals surface area (Å²) in [4.78, 5) is 28.2. The number of amides is 1. The summed E-state index contributed by atoms with van der Waals surface area (Å²) in [5, 5.41) is 11.8. The summed E-state index contributed by atoms with van der Waals surface area (Å²) in [6.07, 6.45) is 0. The van der Waals surface area contributed by atoms with E-state index in [1.165, 1.54) is 15.9 Å². The van der Waals surface area contributed by atoms with Gasteiger partial charge in [0, 0.05) is 5.02 Å². The molecule has 2 heterocycles. The van der Waals surface area contributed by atoms with Gasteiger partial charge >= 0.3 is 5.97 Å². The standard InChI is InChI=1S/C15H15ClN6O3S2/c1-2-25-12(24)7-26-15-21-20-13(17)22(15)6-11(23)19-14-18-9-4-3-8(16)5-10(9)27-14/h3-5H,2,6-7H2,1H3,(H2,17,20)(H,18,19,23). The van der Waals surface area contributed by atoms with Gasteiger partial charge in [0.25, 0.3) is 0 Å². The second-order valence-corrected chi connectivity index (χ2v) is 7.61. The van der Waals surface area contributed by atoms with E-state index in [-0.39, 0.29) is 30.1 Å². The van der Waals surface area contributed by atoms with Crippen molar-refractivity contribution >= 4 is 67.9 Å². The Labute approximate surface area is 167 Å². The molecule has 0 radical (unpaired) electrons. The summed E-state index contributed by atoms with van der Waals surface area (Å²) in [6, 6.07) is 5.30. The van der Waals surface area contributed by atoms with Crippen LogP contribution in [0.15, 0.2) is 23.4 Å². The van der Waals surface area contributed by atoms with Gasteiger partial charge in [-0.3, -0.25) is 14.2 Å². The molecule has 0 saturated carbocycles. The van der Waals surface area contributed by atoms with Crippen LogP contribution < -0.4 is 11.1 Å². The van der Waals surface area contributed by atoms with Gasteiger partial charge in [0.1, 0.15) is 6.54 Å². The number of hydrogen-bond acceptors (Lipinski definition) is 9. The van der Waals surface area contributed by atoms with E-state index >= 15 is 0 Å². The highest BCUT2D eigenvalue weighted by Crippen LogP contribution is 2.28. The molecule has 0 aliphatic heterocycles. The molecule has 0 atom stereocenters. The molecule has 0 aliphatic rings. The van der Waals surface area contributed by atoms with Gasteiger partial charge in [0.2, 0.25) is 11.9 Å². The normalized spacial score (nSPS) is 10.9. The second kappa shape index (κ2) is 8.55. The zero-order valence-electron chi connectivity index (χ0n) is 14.1. The Hall–Kier alpha value is -2.37. The highest BCUT2D eigenvalue weighted by atomic mass is 35.5. The number of esters is 1. The number of rotatable bonds is 7.